The maximum absolute atomic E-state index is 10.9. The first-order valence-corrected chi connectivity index (χ1v) is 6.26. The zero-order valence-corrected chi connectivity index (χ0v) is 10.8. The van der Waals surface area contributed by atoms with Crippen molar-refractivity contribution in [3.63, 3.8) is 0 Å². The van der Waals surface area contributed by atoms with Gasteiger partial charge in [0.1, 0.15) is 11.5 Å². The molecule has 0 aliphatic rings. The highest BCUT2D eigenvalue weighted by atomic mass is 16.5. The van der Waals surface area contributed by atoms with Crippen LogP contribution in [0.3, 0.4) is 0 Å². The van der Waals surface area contributed by atoms with E-state index < -0.39 is 0 Å². The zero-order valence-electron chi connectivity index (χ0n) is 10.8. The van der Waals surface area contributed by atoms with Crippen molar-refractivity contribution in [3.8, 4) is 22.6 Å². The molecule has 0 aliphatic heterocycles. The topological polar surface area (TPSA) is 46.5 Å². The van der Waals surface area contributed by atoms with Crippen LogP contribution in [0.2, 0.25) is 0 Å². The molecule has 0 bridgehead atoms. The summed E-state index contributed by atoms with van der Waals surface area (Å²) in [6.45, 7) is 2.70. The van der Waals surface area contributed by atoms with Crippen molar-refractivity contribution in [1.29, 1.82) is 0 Å². The monoisotopic (exact) mass is 256 g/mol. The van der Waals surface area contributed by atoms with Crippen LogP contribution in [0.4, 0.5) is 0 Å². The maximum Gasteiger partial charge on any atom is 0.153 e. The number of aldehydes is 1. The van der Waals surface area contributed by atoms with Gasteiger partial charge in [-0.25, -0.2) is 0 Å². The van der Waals surface area contributed by atoms with E-state index in [1.54, 1.807) is 12.1 Å². The van der Waals surface area contributed by atoms with E-state index in [9.17, 15) is 9.90 Å². The molecule has 0 fully saturated rings. The van der Waals surface area contributed by atoms with Gasteiger partial charge in [-0.15, -0.1) is 0 Å². The highest BCUT2D eigenvalue weighted by Gasteiger charge is 2.08. The summed E-state index contributed by atoms with van der Waals surface area (Å²) in [5, 5.41) is 9.53. The lowest BCUT2D eigenvalue weighted by atomic mass is 10.0. The van der Waals surface area contributed by atoms with E-state index in [0.717, 1.165) is 23.3 Å². The molecule has 1 N–H and O–H groups in total. The van der Waals surface area contributed by atoms with E-state index in [-0.39, 0.29) is 11.3 Å². The first kappa shape index (κ1) is 13.1. The van der Waals surface area contributed by atoms with Crippen molar-refractivity contribution >= 4 is 6.29 Å². The molecule has 0 aromatic heterocycles. The van der Waals surface area contributed by atoms with Crippen molar-refractivity contribution in [2.75, 3.05) is 6.61 Å². The Kier molecular flexibility index (Phi) is 4.18. The van der Waals surface area contributed by atoms with Gasteiger partial charge in [0.05, 0.1) is 12.2 Å². The average molecular weight is 256 g/mol. The lowest BCUT2D eigenvalue weighted by molar-refractivity contribution is 0.112. The van der Waals surface area contributed by atoms with Crippen LogP contribution in [0.25, 0.3) is 11.1 Å². The minimum atomic E-state index is -0.00860. The first-order chi connectivity index (χ1) is 9.26. The normalized spacial score (nSPS) is 10.2. The third-order valence-electron chi connectivity index (χ3n) is 2.81. The second kappa shape index (κ2) is 6.05. The summed E-state index contributed by atoms with van der Waals surface area (Å²) >= 11 is 0. The molecular formula is C16H16O3. The minimum Gasteiger partial charge on any atom is -0.507 e. The number of benzene rings is 2. The molecule has 0 atom stereocenters. The van der Waals surface area contributed by atoms with Crippen LogP contribution in [0.15, 0.2) is 42.5 Å². The number of ether oxygens (including phenoxy) is 1. The van der Waals surface area contributed by atoms with Crippen LogP contribution in [-0.4, -0.2) is 18.0 Å². The van der Waals surface area contributed by atoms with Gasteiger partial charge in [-0.3, -0.25) is 4.79 Å². The highest BCUT2D eigenvalue weighted by Crippen LogP contribution is 2.32. The molecule has 19 heavy (non-hydrogen) atoms. The number of para-hydroxylation sites is 1. The Morgan fingerprint density at radius 2 is 2.00 bits per heavy atom. The summed E-state index contributed by atoms with van der Waals surface area (Å²) in [6.07, 6.45) is 1.58. The van der Waals surface area contributed by atoms with E-state index in [1.807, 2.05) is 31.2 Å². The lowest BCUT2D eigenvalue weighted by Crippen LogP contribution is -1.97. The van der Waals surface area contributed by atoms with Gasteiger partial charge in [0.15, 0.2) is 6.29 Å². The van der Waals surface area contributed by atoms with E-state index in [1.165, 1.54) is 6.07 Å². The number of carbonyl (C=O) groups excluding carboxylic acids is 1. The predicted octanol–water partition coefficient (Wildman–Crippen LogP) is 3.66. The Bertz CT molecular complexity index is 576. The molecule has 98 valence electrons. The number of phenolic OH excluding ortho intramolecular Hbond substituents is 1. The predicted molar refractivity (Wildman–Crippen MR) is 74.7 cm³/mol. The molecule has 0 aliphatic carbocycles. The summed E-state index contributed by atoms with van der Waals surface area (Å²) in [6, 6.07) is 12.6. The van der Waals surface area contributed by atoms with Crippen molar-refractivity contribution in [3.05, 3.63) is 48.0 Å². The standard InChI is InChI=1S/C16H16O3/c1-2-9-19-16-6-4-3-5-14(16)12-7-8-15(18)13(10-12)11-17/h3-8,10-11,18H,2,9H2,1H3. The minimum absolute atomic E-state index is 0.00860. The molecule has 3 heteroatoms. The molecule has 2 rings (SSSR count). The lowest BCUT2D eigenvalue weighted by Gasteiger charge is -2.11. The number of phenols is 1. The Balaban J connectivity index is 2.43. The number of hydrogen-bond acceptors (Lipinski definition) is 3. The fourth-order valence-corrected chi connectivity index (χ4v) is 1.86. The van der Waals surface area contributed by atoms with Gasteiger partial charge in [-0.05, 0) is 30.2 Å². The van der Waals surface area contributed by atoms with E-state index in [0.29, 0.717) is 12.9 Å². The molecule has 3 nitrogen and oxygen atoms in total. The van der Waals surface area contributed by atoms with Crippen LogP contribution in [-0.2, 0) is 0 Å². The molecule has 2 aromatic rings. The van der Waals surface area contributed by atoms with Gasteiger partial charge in [0.25, 0.3) is 0 Å². The Morgan fingerprint density at radius 3 is 2.74 bits per heavy atom. The number of hydrogen-bond donors (Lipinski definition) is 1. The van der Waals surface area contributed by atoms with Crippen LogP contribution < -0.4 is 4.74 Å². The van der Waals surface area contributed by atoms with Gasteiger partial charge in [-0.1, -0.05) is 31.2 Å². The second-order valence-corrected chi connectivity index (χ2v) is 4.24. The number of carbonyl (C=O) groups is 1. The van der Waals surface area contributed by atoms with Crippen LogP contribution in [0.5, 0.6) is 11.5 Å². The maximum atomic E-state index is 10.9. The number of rotatable bonds is 5. The molecule has 0 amide bonds. The van der Waals surface area contributed by atoms with Crippen LogP contribution in [0, 0.1) is 0 Å². The third-order valence-corrected chi connectivity index (χ3v) is 2.81. The molecule has 0 radical (unpaired) electrons. The molecule has 0 unspecified atom stereocenters. The largest absolute Gasteiger partial charge is 0.507 e. The summed E-state index contributed by atoms with van der Waals surface area (Å²) in [4.78, 5) is 10.9. The summed E-state index contributed by atoms with van der Waals surface area (Å²) in [5.41, 5.74) is 2.05. The molecule has 0 spiro atoms. The molecule has 0 saturated heterocycles. The Hall–Kier alpha value is -2.29. The summed E-state index contributed by atoms with van der Waals surface area (Å²) in [5.74, 6) is 0.776. The Labute approximate surface area is 112 Å². The van der Waals surface area contributed by atoms with Crippen LogP contribution in [0.1, 0.15) is 23.7 Å². The van der Waals surface area contributed by atoms with Crippen molar-refractivity contribution in [1.82, 2.24) is 0 Å². The van der Waals surface area contributed by atoms with E-state index in [2.05, 4.69) is 0 Å². The van der Waals surface area contributed by atoms with Gasteiger partial charge >= 0.3 is 0 Å². The second-order valence-electron chi connectivity index (χ2n) is 4.24. The highest BCUT2D eigenvalue weighted by molar-refractivity contribution is 5.83. The Morgan fingerprint density at radius 1 is 1.21 bits per heavy atom. The molecule has 2 aromatic carbocycles. The van der Waals surface area contributed by atoms with Crippen LogP contribution >= 0.6 is 0 Å². The SMILES string of the molecule is CCCOc1ccccc1-c1ccc(O)c(C=O)c1. The fourth-order valence-electron chi connectivity index (χ4n) is 1.86. The van der Waals surface area contributed by atoms with Gasteiger partial charge in [-0.2, -0.15) is 0 Å². The van der Waals surface area contributed by atoms with Crippen molar-refractivity contribution in [2.45, 2.75) is 13.3 Å². The van der Waals surface area contributed by atoms with Gasteiger partial charge < -0.3 is 9.84 Å². The van der Waals surface area contributed by atoms with Gasteiger partial charge in [0, 0.05) is 5.56 Å². The molecule has 0 heterocycles. The summed E-state index contributed by atoms with van der Waals surface area (Å²) < 4.78 is 5.69. The van der Waals surface area contributed by atoms with Gasteiger partial charge in [0.2, 0.25) is 0 Å². The number of aromatic hydroxyl groups is 1. The third kappa shape index (κ3) is 2.94. The smallest absolute Gasteiger partial charge is 0.153 e. The first-order valence-electron chi connectivity index (χ1n) is 6.26. The average Bonchev–Trinajstić information content (AvgIpc) is 2.46. The molecular weight excluding hydrogens is 240 g/mol. The van der Waals surface area contributed by atoms with E-state index in [4.69, 9.17) is 4.74 Å². The van der Waals surface area contributed by atoms with Crippen molar-refractivity contribution in [2.24, 2.45) is 0 Å². The molecule has 0 saturated carbocycles. The van der Waals surface area contributed by atoms with Crippen molar-refractivity contribution < 1.29 is 14.6 Å². The zero-order chi connectivity index (χ0) is 13.7. The quantitative estimate of drug-likeness (QED) is 0.830. The van der Waals surface area contributed by atoms with E-state index >= 15 is 0 Å². The fraction of sp³-hybridized carbons (Fsp3) is 0.188. The summed E-state index contributed by atoms with van der Waals surface area (Å²) in [7, 11) is 0.